The lowest BCUT2D eigenvalue weighted by molar-refractivity contribution is -0.921. The second-order valence-corrected chi connectivity index (χ2v) is 32.2. The smallest absolute Gasteiger partial charge is 0.507 e. The Hall–Kier alpha value is -9.61. The average molecular weight is 1930 g/mol. The number of carbonyl (C=O) groups is 2. The van der Waals surface area contributed by atoms with Crippen LogP contribution in [-0.4, -0.2) is 138 Å². The number of nitrogens with one attached hydrogen (secondary N) is 2. The molecule has 0 aliphatic carbocycles. The zero-order valence-corrected chi connectivity index (χ0v) is 81.9. The van der Waals surface area contributed by atoms with Gasteiger partial charge in [-0.3, -0.25) is 38.9 Å². The van der Waals surface area contributed by atoms with Crippen LogP contribution in [0.2, 0.25) is 0 Å². The van der Waals surface area contributed by atoms with Crippen LogP contribution in [0.25, 0.3) is 11.5 Å². The fourth-order valence-electron chi connectivity index (χ4n) is 14.4. The third-order valence-corrected chi connectivity index (χ3v) is 21.2. The highest BCUT2D eigenvalue weighted by Crippen LogP contribution is 2.24. The number of quaternary nitrogens is 4. The highest BCUT2D eigenvalue weighted by molar-refractivity contribution is 5.87. The Kier molecular flexibility index (Phi) is 79.0. The number of H-pyrrole nitrogens is 2. The maximum absolute atomic E-state index is 10.8. The predicted molar refractivity (Wildman–Crippen MR) is 509 cm³/mol. The van der Waals surface area contributed by atoms with Crippen LogP contribution in [0.5, 0.6) is 0 Å². The molecule has 0 unspecified atom stereocenters. The van der Waals surface area contributed by atoms with Crippen LogP contribution >= 0.6 is 0 Å². The first-order valence-corrected chi connectivity index (χ1v) is 44.5. The summed E-state index contributed by atoms with van der Waals surface area (Å²) in [6, 6.07) is 30.4. The number of aromatic nitrogens is 2. The summed E-state index contributed by atoms with van der Waals surface area (Å²) in [6.07, 6.45) is 114. The number of carboxylic acids is 1. The topological polar surface area (TPSA) is 173 Å². The summed E-state index contributed by atoms with van der Waals surface area (Å²) in [6.45, 7) is 16.3. The third kappa shape index (κ3) is 58.6. The van der Waals surface area contributed by atoms with Crippen LogP contribution < -0.4 is 79.7 Å². The molecule has 1 aromatic heterocycles. The SMILES string of the molecule is C#CC[N+](CC#C)(CC#C)Cc1ccc(-[c-]2o[nH][c-](CCCCCCCCCCCCC)[nH+][o+]2)cc1.C#CC[N+](CC#C)(CC#C)Cc1ccc(C(=O)O)cc1.C#CC[N+](CC#C)(CC#C)Cc1ccc(C=NCCCCCCCCCCCC)cc1.C#CC[N+](CC#C)(CC#C)Cc1ccc(C=O)cc1.CCCCCCCCCCCCCC(N)=[NH2+].[Br-].[Br-].[Br-].[Cl-]. The summed E-state index contributed by atoms with van der Waals surface area (Å²) in [5, 5.41) is 20.2. The Morgan fingerprint density at radius 3 is 0.944 bits per heavy atom. The Labute approximate surface area is 801 Å². The summed E-state index contributed by atoms with van der Waals surface area (Å²) < 4.78 is 13.2. The second-order valence-electron chi connectivity index (χ2n) is 32.2. The van der Waals surface area contributed by atoms with Crippen molar-refractivity contribution >= 4 is 24.3 Å². The number of amidine groups is 1. The van der Waals surface area contributed by atoms with Gasteiger partial charge in [0, 0.05) is 41.4 Å². The molecule has 0 bridgehead atoms. The number of aromatic carboxylic acids is 1. The van der Waals surface area contributed by atoms with Crippen LogP contribution in [0, 0.1) is 148 Å². The predicted octanol–water partition coefficient (Wildman–Crippen LogP) is 6.97. The number of carbonyl (C=O) groups excluding carboxylic acids is 1. The van der Waals surface area contributed by atoms with E-state index in [1.54, 1.807) is 36.4 Å². The Morgan fingerprint density at radius 2 is 0.683 bits per heavy atom. The number of rotatable bonds is 59. The molecule has 18 heteroatoms. The van der Waals surface area contributed by atoms with Gasteiger partial charge in [0.05, 0.1) is 11.4 Å². The van der Waals surface area contributed by atoms with Crippen LogP contribution in [0.4, 0.5) is 0 Å². The number of unbranched alkanes of at least 4 members (excludes halogenated alkanes) is 29. The molecule has 5 rings (SSSR count). The monoisotopic (exact) mass is 1920 g/mol. The van der Waals surface area contributed by atoms with Crippen molar-refractivity contribution in [3.05, 3.63) is 142 Å². The molecule has 0 saturated carbocycles. The minimum atomic E-state index is -0.951. The van der Waals surface area contributed by atoms with E-state index in [-0.39, 0.29) is 68.9 Å². The fraction of sp³-hybridized carbons (Fsp3) is 0.500. The zero-order valence-electron chi connectivity index (χ0n) is 76.4. The number of terminal acetylenes is 12. The summed E-state index contributed by atoms with van der Waals surface area (Å²) in [4.78, 5) is 26.0. The van der Waals surface area contributed by atoms with Crippen LogP contribution in [0.15, 0.2) is 111 Å². The van der Waals surface area contributed by atoms with Crippen molar-refractivity contribution in [2.75, 3.05) is 85.1 Å². The number of aryl methyl sites for hydroxylation is 1. The molecular formula is C108H148Br3ClN9O5+. The van der Waals surface area contributed by atoms with Crippen LogP contribution in [0.1, 0.15) is 287 Å². The molecular weight excluding hydrogens is 1780 g/mol. The van der Waals surface area contributed by atoms with Gasteiger partial charge >= 0.3 is 11.9 Å². The van der Waals surface area contributed by atoms with Crippen LogP contribution in [0.3, 0.4) is 0 Å². The lowest BCUT2D eigenvalue weighted by Gasteiger charge is -2.34. The van der Waals surface area contributed by atoms with Crippen molar-refractivity contribution in [2.24, 2.45) is 10.7 Å². The number of aldehydes is 1. The van der Waals surface area contributed by atoms with Gasteiger partial charge in [-0.15, -0.1) is 112 Å². The highest BCUT2D eigenvalue weighted by atomic mass is 79.9. The minimum Gasteiger partial charge on any atom is -1.00 e. The summed E-state index contributed by atoms with van der Waals surface area (Å²) in [5.74, 6) is 33.0. The van der Waals surface area contributed by atoms with Gasteiger partial charge in [0.15, 0.2) is 0 Å². The van der Waals surface area contributed by atoms with E-state index < -0.39 is 5.97 Å². The lowest BCUT2D eigenvalue weighted by Crippen LogP contribution is -3.00. The molecule has 0 fully saturated rings. The lowest BCUT2D eigenvalue weighted by atomic mass is 10.1. The normalized spacial score (nSPS) is 10.3. The number of nitrogens with zero attached hydrogens (tertiary/aromatic N) is 5. The Balaban J connectivity index is -0.000000756. The van der Waals surface area contributed by atoms with E-state index in [2.05, 4.69) is 131 Å². The van der Waals surface area contributed by atoms with E-state index in [0.29, 0.717) is 133 Å². The standard InChI is InChI=1S/C31H44N3O2.C29H41N2.C17H15NO2.C17H16NO.C14H30N2.3BrH.ClH/c1-5-9-10-11-12-13-14-15-16-17-18-19-30-32-35-31(36-33-30)29-22-20-28(21-23-29)27-34(24-6-2,25-7-3)26-8-4;1-5-9-10-11-12-13-14-15-16-17-22-30-26-28-18-20-29(21-19-28)27-31(23-6-2,24-7-3)25-8-4;1-4-11-18(12-5-2,13-6-3)14-15-7-9-16(10-8-15)17(19)20;1-4-11-18(12-5-2,13-6-3)14-16-7-9-17(15-19)10-8-16;1-2-3-4-5-6-7-8-9-10-11-12-13-14(15)16;;;;/h2-4,20-23,32-33H,5,9-19,24-27H2,1H3;2-4,18-21,26H,5,9-17,22-25,27H2,1H3;1-3,7-10H,11-14H2;1-3,7-10,15H,11-14H2;2-13H2,1H3,(H3,15,16);4*1H/q2*+1;;+1;;;;;/p-2. The van der Waals surface area contributed by atoms with Gasteiger partial charge in [0.2, 0.25) is 5.84 Å². The first-order chi connectivity index (χ1) is 59.4. The van der Waals surface area contributed by atoms with E-state index in [1.165, 1.54) is 205 Å². The van der Waals surface area contributed by atoms with Crippen molar-refractivity contribution in [2.45, 2.75) is 265 Å². The molecule has 5 aromatic rings. The number of halogens is 4. The van der Waals surface area contributed by atoms with Gasteiger partial charge in [-0.1, -0.05) is 280 Å². The van der Waals surface area contributed by atoms with Crippen molar-refractivity contribution in [1.82, 2.24) is 5.16 Å². The molecule has 14 nitrogen and oxygen atoms in total. The van der Waals surface area contributed by atoms with Crippen molar-refractivity contribution in [3.8, 4) is 160 Å². The van der Waals surface area contributed by atoms with E-state index in [9.17, 15) is 9.59 Å². The first-order valence-electron chi connectivity index (χ1n) is 44.5. The van der Waals surface area contributed by atoms with Gasteiger partial charge in [-0.25, -0.2) is 4.79 Å². The summed E-state index contributed by atoms with van der Waals surface area (Å²) in [5.41, 5.74) is 12.6. The van der Waals surface area contributed by atoms with Crippen molar-refractivity contribution < 1.29 is 116 Å². The van der Waals surface area contributed by atoms with E-state index in [0.717, 1.165) is 72.3 Å². The number of benzene rings is 4. The quantitative estimate of drug-likeness (QED) is 0.00479. The van der Waals surface area contributed by atoms with Gasteiger partial charge in [-0.2, -0.15) is 9.05 Å². The van der Waals surface area contributed by atoms with E-state index >= 15 is 0 Å². The third-order valence-electron chi connectivity index (χ3n) is 21.2. The molecule has 0 amide bonds. The molecule has 0 atom stereocenters. The number of aliphatic imine (C=N–C) groups is 1. The summed E-state index contributed by atoms with van der Waals surface area (Å²) in [7, 11) is 0. The molecule has 0 radical (unpaired) electrons. The maximum Gasteiger partial charge on any atom is 0.507 e. The van der Waals surface area contributed by atoms with Crippen LogP contribution in [-0.2, 0) is 32.6 Å². The largest absolute Gasteiger partial charge is 1.00 e. The number of nitrogens with two attached hydrogens (primary N) is 2. The highest BCUT2D eigenvalue weighted by Gasteiger charge is 2.29. The molecule has 126 heavy (non-hydrogen) atoms. The first kappa shape index (κ1) is 123. The summed E-state index contributed by atoms with van der Waals surface area (Å²) >= 11 is 0. The number of hydrogen-bond donors (Lipinski definition) is 4. The molecule has 0 spiro atoms. The molecule has 0 aliphatic rings. The molecule has 682 valence electrons. The number of aromatic amines is 2. The van der Waals surface area contributed by atoms with Gasteiger partial charge in [-0.05, 0) is 113 Å². The van der Waals surface area contributed by atoms with Gasteiger partial charge in [0.25, 0.3) is 0 Å². The number of hydrogen-bond acceptors (Lipinski definition) is 4. The van der Waals surface area contributed by atoms with Gasteiger partial charge < -0.3 is 68.5 Å². The Bertz CT molecular complexity index is 4110. The zero-order chi connectivity index (χ0) is 89.7. The van der Waals surface area contributed by atoms with E-state index in [1.807, 2.05) is 42.6 Å². The number of carboxylic acid groups (broad SMARTS) is 1. The molecule has 4 aromatic carbocycles. The molecule has 1 heterocycles. The molecule has 7 N–H and O–H groups in total. The van der Waals surface area contributed by atoms with Crippen molar-refractivity contribution in [3.63, 3.8) is 0 Å². The molecule has 0 saturated heterocycles. The Morgan fingerprint density at radius 1 is 0.421 bits per heavy atom. The van der Waals surface area contributed by atoms with Crippen molar-refractivity contribution in [1.29, 1.82) is 0 Å². The van der Waals surface area contributed by atoms with Gasteiger partial charge in [0.1, 0.15) is 111 Å². The fourth-order valence-corrected chi connectivity index (χ4v) is 14.4. The second kappa shape index (κ2) is 81.2. The maximum atomic E-state index is 10.8. The minimum absolute atomic E-state index is 0. The molecule has 0 aliphatic heterocycles. The average Bonchev–Trinajstić information content (AvgIpc) is 0.834. The van der Waals surface area contributed by atoms with E-state index in [4.69, 9.17) is 102 Å².